The van der Waals surface area contributed by atoms with Crippen LogP contribution in [0.2, 0.25) is 5.02 Å². The van der Waals surface area contributed by atoms with Crippen molar-refractivity contribution in [1.82, 2.24) is 10.2 Å². The number of carbonyl (C=O) groups excluding carboxylic acids is 2. The smallest absolute Gasteiger partial charge is 0.254 e. The number of carbonyl (C=O) groups is 2. The van der Waals surface area contributed by atoms with Crippen molar-refractivity contribution in [1.29, 1.82) is 0 Å². The molecule has 2 amide bonds. The minimum Gasteiger partial charge on any atom is -0.345 e. The van der Waals surface area contributed by atoms with Gasteiger partial charge in [-0.05, 0) is 38.1 Å². The summed E-state index contributed by atoms with van der Waals surface area (Å²) in [5.41, 5.74) is 0.978. The first-order valence-electron chi connectivity index (χ1n) is 6.95. The summed E-state index contributed by atoms with van der Waals surface area (Å²) in [7, 11) is 3.32. The second-order valence-corrected chi connectivity index (χ2v) is 5.93. The molecule has 2 atom stereocenters. The molecule has 1 heterocycles. The molecule has 1 saturated heterocycles. The number of halogens is 1. The molecule has 5 nitrogen and oxygen atoms in total. The summed E-state index contributed by atoms with van der Waals surface area (Å²) in [5, 5.41) is 6.49. The highest BCUT2D eigenvalue weighted by atomic mass is 35.5. The molecule has 0 aromatic heterocycles. The van der Waals surface area contributed by atoms with E-state index in [1.165, 1.54) is 4.90 Å². The van der Waals surface area contributed by atoms with E-state index in [9.17, 15) is 9.59 Å². The molecule has 6 heteroatoms. The highest BCUT2D eigenvalue weighted by molar-refractivity contribution is 6.34. The van der Waals surface area contributed by atoms with E-state index in [2.05, 4.69) is 10.6 Å². The summed E-state index contributed by atoms with van der Waals surface area (Å²) in [6.07, 6.45) is 0.823. The van der Waals surface area contributed by atoms with Crippen molar-refractivity contribution in [2.45, 2.75) is 19.4 Å². The van der Waals surface area contributed by atoms with Crippen LogP contribution in [0.25, 0.3) is 0 Å². The van der Waals surface area contributed by atoms with Gasteiger partial charge in [0.15, 0.2) is 0 Å². The largest absolute Gasteiger partial charge is 0.345 e. The number of benzene rings is 1. The van der Waals surface area contributed by atoms with Crippen LogP contribution >= 0.6 is 11.6 Å². The molecule has 1 aliphatic rings. The number of amides is 2. The number of nitrogens with zero attached hydrogens (tertiary/aromatic N) is 1. The van der Waals surface area contributed by atoms with E-state index in [4.69, 9.17) is 11.6 Å². The lowest BCUT2D eigenvalue weighted by molar-refractivity contribution is -0.120. The normalized spacial score (nSPS) is 21.1. The van der Waals surface area contributed by atoms with E-state index in [-0.39, 0.29) is 23.8 Å². The first kappa shape index (κ1) is 15.8. The summed E-state index contributed by atoms with van der Waals surface area (Å²) in [5.74, 6) is -0.265. The molecule has 1 aromatic rings. The van der Waals surface area contributed by atoms with Crippen molar-refractivity contribution in [3.63, 3.8) is 0 Å². The van der Waals surface area contributed by atoms with Gasteiger partial charge in [0.05, 0.1) is 16.5 Å². The fourth-order valence-electron chi connectivity index (χ4n) is 2.46. The molecule has 0 bridgehead atoms. The van der Waals surface area contributed by atoms with Gasteiger partial charge in [0.1, 0.15) is 0 Å². The summed E-state index contributed by atoms with van der Waals surface area (Å²) in [4.78, 5) is 25.7. The molecule has 0 radical (unpaired) electrons. The van der Waals surface area contributed by atoms with Crippen LogP contribution in [0.15, 0.2) is 18.2 Å². The number of hydrogen-bond donors (Lipinski definition) is 2. The van der Waals surface area contributed by atoms with Crippen molar-refractivity contribution in [2.75, 3.05) is 26.0 Å². The van der Waals surface area contributed by atoms with E-state index >= 15 is 0 Å². The lowest BCUT2D eigenvalue weighted by Gasteiger charge is -2.16. The Morgan fingerprint density at radius 1 is 1.38 bits per heavy atom. The van der Waals surface area contributed by atoms with Crippen molar-refractivity contribution in [3.05, 3.63) is 28.8 Å². The molecule has 1 fully saturated rings. The Labute approximate surface area is 129 Å². The van der Waals surface area contributed by atoms with Crippen LogP contribution in [0, 0.1) is 5.92 Å². The van der Waals surface area contributed by atoms with Crippen LogP contribution in [-0.2, 0) is 4.79 Å². The highest BCUT2D eigenvalue weighted by Gasteiger charge is 2.29. The Bertz CT molecular complexity index is 560. The van der Waals surface area contributed by atoms with Crippen LogP contribution < -0.4 is 10.6 Å². The third-order valence-corrected chi connectivity index (χ3v) is 4.06. The maximum absolute atomic E-state index is 12.2. The van der Waals surface area contributed by atoms with Crippen molar-refractivity contribution < 1.29 is 9.59 Å². The van der Waals surface area contributed by atoms with Crippen LogP contribution in [-0.4, -0.2) is 43.4 Å². The summed E-state index contributed by atoms with van der Waals surface area (Å²) in [6, 6.07) is 5.12. The zero-order chi connectivity index (χ0) is 15.6. The SMILES string of the molecule is CC1NCCC1C(=O)Nc1ccc(Cl)c(C(=O)N(C)C)c1. The van der Waals surface area contributed by atoms with Crippen molar-refractivity contribution in [3.8, 4) is 0 Å². The summed E-state index contributed by atoms with van der Waals surface area (Å²) in [6.45, 7) is 2.85. The van der Waals surface area contributed by atoms with Crippen LogP contribution in [0.4, 0.5) is 5.69 Å². The van der Waals surface area contributed by atoms with E-state index < -0.39 is 0 Å². The molecule has 0 aliphatic carbocycles. The van der Waals surface area contributed by atoms with E-state index in [1.807, 2.05) is 6.92 Å². The first-order valence-corrected chi connectivity index (χ1v) is 7.33. The lowest BCUT2D eigenvalue weighted by atomic mass is 10.0. The van der Waals surface area contributed by atoms with Gasteiger partial charge in [0.2, 0.25) is 5.91 Å². The van der Waals surface area contributed by atoms with E-state index in [0.717, 1.165) is 13.0 Å². The maximum Gasteiger partial charge on any atom is 0.254 e. The average Bonchev–Trinajstić information content (AvgIpc) is 2.86. The minimum atomic E-state index is -0.188. The fraction of sp³-hybridized carbons (Fsp3) is 0.467. The van der Waals surface area contributed by atoms with Gasteiger partial charge in [-0.1, -0.05) is 11.6 Å². The topological polar surface area (TPSA) is 61.4 Å². The van der Waals surface area contributed by atoms with Crippen LogP contribution in [0.3, 0.4) is 0 Å². The van der Waals surface area contributed by atoms with E-state index in [1.54, 1.807) is 32.3 Å². The predicted octanol–water partition coefficient (Wildman–Crippen LogP) is 1.98. The number of nitrogens with one attached hydrogen (secondary N) is 2. The van der Waals surface area contributed by atoms with E-state index in [0.29, 0.717) is 16.3 Å². The Kier molecular flexibility index (Phi) is 4.85. The second-order valence-electron chi connectivity index (χ2n) is 5.52. The Balaban J connectivity index is 2.16. The minimum absolute atomic E-state index is 0.0296. The molecule has 114 valence electrons. The number of anilines is 1. The number of rotatable bonds is 3. The Morgan fingerprint density at radius 3 is 2.67 bits per heavy atom. The van der Waals surface area contributed by atoms with Gasteiger partial charge in [0, 0.05) is 25.8 Å². The van der Waals surface area contributed by atoms with Gasteiger partial charge in [0.25, 0.3) is 5.91 Å². The van der Waals surface area contributed by atoms with Gasteiger partial charge in [-0.2, -0.15) is 0 Å². The predicted molar refractivity (Wildman–Crippen MR) is 83.7 cm³/mol. The van der Waals surface area contributed by atoms with Crippen molar-refractivity contribution >= 4 is 29.1 Å². The molecule has 1 aromatic carbocycles. The molecule has 1 aliphatic heterocycles. The van der Waals surface area contributed by atoms with Crippen LogP contribution in [0.5, 0.6) is 0 Å². The average molecular weight is 310 g/mol. The fourth-order valence-corrected chi connectivity index (χ4v) is 2.66. The molecular weight excluding hydrogens is 290 g/mol. The third-order valence-electron chi connectivity index (χ3n) is 3.73. The Hall–Kier alpha value is -1.59. The monoisotopic (exact) mass is 309 g/mol. The quantitative estimate of drug-likeness (QED) is 0.897. The molecule has 2 rings (SSSR count). The summed E-state index contributed by atoms with van der Waals surface area (Å²) >= 11 is 6.05. The molecule has 0 spiro atoms. The Morgan fingerprint density at radius 2 is 2.10 bits per heavy atom. The van der Waals surface area contributed by atoms with Gasteiger partial charge in [-0.15, -0.1) is 0 Å². The van der Waals surface area contributed by atoms with Gasteiger partial charge < -0.3 is 15.5 Å². The van der Waals surface area contributed by atoms with Gasteiger partial charge in [-0.25, -0.2) is 0 Å². The number of hydrogen-bond acceptors (Lipinski definition) is 3. The molecule has 2 N–H and O–H groups in total. The molecular formula is C15H20ClN3O2. The molecule has 0 saturated carbocycles. The molecule has 2 unspecified atom stereocenters. The maximum atomic E-state index is 12.2. The second kappa shape index (κ2) is 6.45. The zero-order valence-corrected chi connectivity index (χ0v) is 13.2. The van der Waals surface area contributed by atoms with Gasteiger partial charge in [-0.3, -0.25) is 9.59 Å². The zero-order valence-electron chi connectivity index (χ0n) is 12.4. The standard InChI is InChI=1S/C15H20ClN3O2/c1-9-11(6-7-17-9)14(20)18-10-4-5-13(16)12(8-10)15(21)19(2)3/h4-5,8-9,11,17H,6-7H2,1-3H3,(H,18,20). The highest BCUT2D eigenvalue weighted by Crippen LogP contribution is 2.23. The van der Waals surface area contributed by atoms with Crippen molar-refractivity contribution in [2.24, 2.45) is 5.92 Å². The molecule has 21 heavy (non-hydrogen) atoms. The lowest BCUT2D eigenvalue weighted by Crippen LogP contribution is -2.32. The summed E-state index contributed by atoms with van der Waals surface area (Å²) < 4.78 is 0. The van der Waals surface area contributed by atoms with Crippen LogP contribution in [0.1, 0.15) is 23.7 Å². The third kappa shape index (κ3) is 3.54. The first-order chi connectivity index (χ1) is 9.90. The van der Waals surface area contributed by atoms with Gasteiger partial charge >= 0.3 is 0 Å².